The second-order valence-electron chi connectivity index (χ2n) is 6.49. The van der Waals surface area contributed by atoms with Crippen molar-refractivity contribution in [3.63, 3.8) is 0 Å². The number of benzene rings is 1. The Morgan fingerprint density at radius 1 is 1.18 bits per heavy atom. The molecule has 0 fully saturated rings. The highest BCUT2D eigenvalue weighted by Crippen LogP contribution is 2.27. The van der Waals surface area contributed by atoms with Crippen LogP contribution in [0.2, 0.25) is 0 Å². The van der Waals surface area contributed by atoms with Crippen molar-refractivity contribution in [2.24, 2.45) is 19.8 Å². The van der Waals surface area contributed by atoms with E-state index in [4.69, 9.17) is 10.5 Å². The second kappa shape index (κ2) is 6.12. The number of primary amides is 1. The molecule has 3 aromatic heterocycles. The number of nitrogens with two attached hydrogens (primary N) is 1. The van der Waals surface area contributed by atoms with E-state index in [0.29, 0.717) is 22.7 Å². The highest BCUT2D eigenvalue weighted by molar-refractivity contribution is 5.77. The maximum absolute atomic E-state index is 12.7. The zero-order valence-electron chi connectivity index (χ0n) is 15.5. The van der Waals surface area contributed by atoms with Crippen molar-refractivity contribution in [1.82, 2.24) is 23.1 Å². The van der Waals surface area contributed by atoms with Gasteiger partial charge in [-0.1, -0.05) is 12.1 Å². The third-order valence-corrected chi connectivity index (χ3v) is 4.62. The van der Waals surface area contributed by atoms with Gasteiger partial charge in [-0.25, -0.2) is 4.79 Å². The predicted octanol–water partition coefficient (Wildman–Crippen LogP) is -0.152. The fourth-order valence-corrected chi connectivity index (χ4v) is 3.30. The lowest BCUT2D eigenvalue weighted by Gasteiger charge is -2.12. The van der Waals surface area contributed by atoms with E-state index in [1.54, 1.807) is 40.4 Å². The maximum Gasteiger partial charge on any atom is 0.332 e. The van der Waals surface area contributed by atoms with Crippen LogP contribution < -0.4 is 21.7 Å². The minimum absolute atomic E-state index is 0.265. The van der Waals surface area contributed by atoms with E-state index in [1.807, 2.05) is 13.0 Å². The second-order valence-corrected chi connectivity index (χ2v) is 6.49. The van der Waals surface area contributed by atoms with E-state index in [0.717, 1.165) is 10.3 Å². The number of hydrogen-bond donors (Lipinski definition) is 1. The molecule has 3 heterocycles. The monoisotopic (exact) mass is 382 g/mol. The summed E-state index contributed by atoms with van der Waals surface area (Å²) in [6.45, 7) is 1.59. The number of nitrogens with zero attached hydrogens (tertiary/aromatic N) is 5. The highest BCUT2D eigenvalue weighted by Gasteiger charge is 2.21. The van der Waals surface area contributed by atoms with Gasteiger partial charge in [-0.2, -0.15) is 4.98 Å². The van der Waals surface area contributed by atoms with Gasteiger partial charge in [-0.3, -0.25) is 27.7 Å². The van der Waals surface area contributed by atoms with Crippen LogP contribution in [0, 0.1) is 6.92 Å². The van der Waals surface area contributed by atoms with Crippen molar-refractivity contribution in [2.45, 2.75) is 6.92 Å². The Hall–Kier alpha value is -3.82. The van der Waals surface area contributed by atoms with Gasteiger partial charge in [0, 0.05) is 26.0 Å². The Kier molecular flexibility index (Phi) is 3.84. The lowest BCUT2D eigenvalue weighted by molar-refractivity contribution is -0.119. The van der Waals surface area contributed by atoms with Gasteiger partial charge in [0.25, 0.3) is 11.5 Å². The SMILES string of the molecule is Cc1cn2c3c(=O)n(C)c(=O)n(C)c3nc2n1-c1ccccc1OCC(N)=O. The molecule has 0 aliphatic carbocycles. The summed E-state index contributed by atoms with van der Waals surface area (Å²) in [5, 5.41) is 0. The average molecular weight is 382 g/mol. The number of fused-ring (bicyclic) bond motifs is 3. The van der Waals surface area contributed by atoms with E-state index in [-0.39, 0.29) is 12.3 Å². The average Bonchev–Trinajstić information content (AvgIpc) is 3.17. The molecule has 10 nitrogen and oxygen atoms in total. The quantitative estimate of drug-likeness (QED) is 0.526. The van der Waals surface area contributed by atoms with Gasteiger partial charge in [0.1, 0.15) is 5.75 Å². The van der Waals surface area contributed by atoms with E-state index < -0.39 is 17.2 Å². The number of aromatic nitrogens is 5. The number of amides is 1. The summed E-state index contributed by atoms with van der Waals surface area (Å²) < 4.78 is 11.4. The van der Waals surface area contributed by atoms with Crippen LogP contribution in [0.25, 0.3) is 22.6 Å². The number of rotatable bonds is 4. The van der Waals surface area contributed by atoms with Gasteiger partial charge in [-0.05, 0) is 19.1 Å². The molecule has 10 heteroatoms. The van der Waals surface area contributed by atoms with Crippen LogP contribution in [-0.2, 0) is 18.9 Å². The van der Waals surface area contributed by atoms with Crippen molar-refractivity contribution >= 4 is 22.8 Å². The van der Waals surface area contributed by atoms with Crippen LogP contribution in [-0.4, -0.2) is 35.6 Å². The zero-order chi connectivity index (χ0) is 20.2. The van der Waals surface area contributed by atoms with Crippen molar-refractivity contribution in [3.8, 4) is 11.4 Å². The summed E-state index contributed by atoms with van der Waals surface area (Å²) in [5.74, 6) is 0.298. The number of hydrogen-bond acceptors (Lipinski definition) is 5. The molecule has 2 N–H and O–H groups in total. The summed E-state index contributed by atoms with van der Waals surface area (Å²) >= 11 is 0. The molecule has 0 atom stereocenters. The minimum Gasteiger partial charge on any atom is -0.482 e. The predicted molar refractivity (Wildman–Crippen MR) is 102 cm³/mol. The lowest BCUT2D eigenvalue weighted by atomic mass is 10.3. The molecule has 0 aliphatic heterocycles. The first-order chi connectivity index (χ1) is 13.3. The Labute approximate surface area is 158 Å². The van der Waals surface area contributed by atoms with Gasteiger partial charge in [0.15, 0.2) is 17.8 Å². The molecular weight excluding hydrogens is 364 g/mol. The topological polar surface area (TPSA) is 119 Å². The third kappa shape index (κ3) is 2.42. The molecule has 0 radical (unpaired) electrons. The molecule has 0 unspecified atom stereocenters. The van der Waals surface area contributed by atoms with Crippen molar-refractivity contribution < 1.29 is 9.53 Å². The van der Waals surface area contributed by atoms with Gasteiger partial charge >= 0.3 is 5.69 Å². The molecule has 0 bridgehead atoms. The Morgan fingerprint density at radius 2 is 1.89 bits per heavy atom. The van der Waals surface area contributed by atoms with Gasteiger partial charge < -0.3 is 10.5 Å². The Balaban J connectivity index is 2.05. The fraction of sp³-hybridized carbons (Fsp3) is 0.222. The van der Waals surface area contributed by atoms with Crippen LogP contribution in [0.3, 0.4) is 0 Å². The third-order valence-electron chi connectivity index (χ3n) is 4.62. The summed E-state index contributed by atoms with van der Waals surface area (Å²) in [6.07, 6.45) is 1.77. The molecule has 28 heavy (non-hydrogen) atoms. The molecule has 4 rings (SSSR count). The molecule has 1 aromatic carbocycles. The van der Waals surface area contributed by atoms with Crippen molar-refractivity contribution in [3.05, 3.63) is 57.0 Å². The van der Waals surface area contributed by atoms with E-state index >= 15 is 0 Å². The van der Waals surface area contributed by atoms with E-state index in [9.17, 15) is 14.4 Å². The molecule has 144 valence electrons. The van der Waals surface area contributed by atoms with Crippen LogP contribution >= 0.6 is 0 Å². The standard InChI is InChI=1S/C18H18N6O4/c1-10-8-23-14-15(21(2)18(27)22(3)16(14)26)20-17(23)24(10)11-6-4-5-7-12(11)28-9-13(19)25/h4-8H,9H2,1-3H3,(H2,19,25). The first-order valence-corrected chi connectivity index (χ1v) is 8.48. The van der Waals surface area contributed by atoms with Gasteiger partial charge in [-0.15, -0.1) is 0 Å². The zero-order valence-corrected chi connectivity index (χ0v) is 15.5. The molecule has 0 aliphatic rings. The lowest BCUT2D eigenvalue weighted by Crippen LogP contribution is -2.37. The summed E-state index contributed by atoms with van der Waals surface area (Å²) in [4.78, 5) is 40.6. The van der Waals surface area contributed by atoms with Crippen LogP contribution in [0.4, 0.5) is 0 Å². The summed E-state index contributed by atoms with van der Waals surface area (Å²) in [6, 6.07) is 7.11. The minimum atomic E-state index is -0.589. The Bertz CT molecular complexity index is 1370. The summed E-state index contributed by atoms with van der Waals surface area (Å²) in [7, 11) is 3.00. The summed E-state index contributed by atoms with van der Waals surface area (Å²) in [5.41, 5.74) is 6.31. The van der Waals surface area contributed by atoms with Crippen LogP contribution in [0.15, 0.2) is 40.1 Å². The first-order valence-electron chi connectivity index (χ1n) is 8.48. The number of carbonyl (C=O) groups is 1. The van der Waals surface area contributed by atoms with Crippen molar-refractivity contribution in [1.29, 1.82) is 0 Å². The normalized spacial score (nSPS) is 11.4. The first kappa shape index (κ1) is 17.6. The largest absolute Gasteiger partial charge is 0.482 e. The van der Waals surface area contributed by atoms with Crippen molar-refractivity contribution in [2.75, 3.05) is 6.61 Å². The van der Waals surface area contributed by atoms with E-state index in [1.165, 1.54) is 11.6 Å². The molecule has 4 aromatic rings. The number of ether oxygens (including phenoxy) is 1. The van der Waals surface area contributed by atoms with Gasteiger partial charge in [0.05, 0.1) is 5.69 Å². The van der Waals surface area contributed by atoms with E-state index in [2.05, 4.69) is 4.98 Å². The van der Waals surface area contributed by atoms with Crippen LogP contribution in [0.1, 0.15) is 5.69 Å². The molecule has 1 amide bonds. The Morgan fingerprint density at radius 3 is 2.61 bits per heavy atom. The highest BCUT2D eigenvalue weighted by atomic mass is 16.5. The smallest absolute Gasteiger partial charge is 0.332 e. The fourth-order valence-electron chi connectivity index (χ4n) is 3.30. The van der Waals surface area contributed by atoms with Crippen LogP contribution in [0.5, 0.6) is 5.75 Å². The molecule has 0 spiro atoms. The molecular formula is C18H18N6O4. The number of aryl methyl sites for hydroxylation is 2. The number of imidazole rings is 2. The molecule has 0 saturated heterocycles. The number of carbonyl (C=O) groups excluding carboxylic acids is 1. The van der Waals surface area contributed by atoms with Gasteiger partial charge in [0.2, 0.25) is 5.78 Å². The molecule has 0 saturated carbocycles. The maximum atomic E-state index is 12.7. The number of para-hydroxylation sites is 2.